The minimum atomic E-state index is -4.87. The highest BCUT2D eigenvalue weighted by Gasteiger charge is 2.32. The number of hydrogen-bond donors (Lipinski definition) is 2. The van der Waals surface area contributed by atoms with E-state index in [4.69, 9.17) is 4.74 Å². The molecule has 0 radical (unpaired) electrons. The number of carbonyl (C=O) groups excluding carboxylic acids is 1. The number of para-hydroxylation sites is 1. The molecule has 0 saturated carbocycles. The van der Waals surface area contributed by atoms with Gasteiger partial charge in [-0.1, -0.05) is 12.1 Å². The van der Waals surface area contributed by atoms with Gasteiger partial charge in [-0.2, -0.15) is 5.10 Å². The van der Waals surface area contributed by atoms with Gasteiger partial charge in [-0.05, 0) is 12.1 Å². The van der Waals surface area contributed by atoms with Crippen LogP contribution in [0.3, 0.4) is 0 Å². The molecule has 0 aliphatic carbocycles. The number of benzene rings is 1. The molecule has 1 aliphatic heterocycles. The van der Waals surface area contributed by atoms with Crippen LogP contribution in [0.5, 0.6) is 5.75 Å². The van der Waals surface area contributed by atoms with Crippen LogP contribution in [-0.4, -0.2) is 61.9 Å². The first-order valence-corrected chi connectivity index (χ1v) is 8.95. The summed E-state index contributed by atoms with van der Waals surface area (Å²) in [7, 11) is 0. The van der Waals surface area contributed by atoms with Gasteiger partial charge in [0.25, 0.3) is 5.91 Å². The van der Waals surface area contributed by atoms with Gasteiger partial charge in [0.05, 0.1) is 30.7 Å². The highest BCUT2D eigenvalue weighted by Crippen LogP contribution is 2.26. The highest BCUT2D eigenvalue weighted by atomic mass is 19.4. The number of halogens is 3. The molecule has 1 amide bonds. The van der Waals surface area contributed by atoms with Gasteiger partial charge in [0.15, 0.2) is 5.82 Å². The van der Waals surface area contributed by atoms with Crippen molar-refractivity contribution in [3.05, 3.63) is 42.1 Å². The van der Waals surface area contributed by atoms with E-state index in [0.29, 0.717) is 25.6 Å². The molecule has 0 atom stereocenters. The molecule has 0 spiro atoms. The first-order chi connectivity index (χ1) is 13.9. The van der Waals surface area contributed by atoms with E-state index in [1.165, 1.54) is 18.2 Å². The number of amides is 1. The van der Waals surface area contributed by atoms with E-state index >= 15 is 0 Å². The lowest BCUT2D eigenvalue weighted by Gasteiger charge is -2.28. The molecule has 2 N–H and O–H groups in total. The molecule has 2 heterocycles. The molecule has 8 nitrogen and oxygen atoms in total. The Labute approximate surface area is 165 Å². The van der Waals surface area contributed by atoms with Gasteiger partial charge in [0.1, 0.15) is 5.75 Å². The molecular weight excluding hydrogens is 391 g/mol. The molecule has 0 unspecified atom stereocenters. The number of ether oxygens (including phenoxy) is 2. The molecule has 1 aromatic carbocycles. The predicted octanol–water partition coefficient (Wildman–Crippen LogP) is 2.05. The van der Waals surface area contributed by atoms with E-state index < -0.39 is 18.0 Å². The topological polar surface area (TPSA) is 88.6 Å². The van der Waals surface area contributed by atoms with Crippen LogP contribution in [0.4, 0.5) is 24.7 Å². The van der Waals surface area contributed by atoms with Crippen LogP contribution >= 0.6 is 0 Å². The number of morpholine rings is 1. The molecule has 0 bridgehead atoms. The average molecular weight is 411 g/mol. The average Bonchev–Trinajstić information content (AvgIpc) is 2.71. The van der Waals surface area contributed by atoms with E-state index in [9.17, 15) is 18.0 Å². The second kappa shape index (κ2) is 9.41. The third-order valence-corrected chi connectivity index (χ3v) is 4.09. The van der Waals surface area contributed by atoms with Gasteiger partial charge >= 0.3 is 6.36 Å². The minimum absolute atomic E-state index is 0.169. The van der Waals surface area contributed by atoms with Crippen molar-refractivity contribution in [2.75, 3.05) is 49.6 Å². The summed E-state index contributed by atoms with van der Waals surface area (Å²) in [6.07, 6.45) is -3.21. The van der Waals surface area contributed by atoms with Gasteiger partial charge in [0.2, 0.25) is 0 Å². The maximum absolute atomic E-state index is 12.5. The maximum atomic E-state index is 12.5. The predicted molar refractivity (Wildman–Crippen MR) is 99.0 cm³/mol. The monoisotopic (exact) mass is 411 g/mol. The second-order valence-corrected chi connectivity index (χ2v) is 6.13. The summed E-state index contributed by atoms with van der Waals surface area (Å²) in [5.74, 6) is -0.682. The van der Waals surface area contributed by atoms with Gasteiger partial charge in [-0.3, -0.25) is 4.79 Å². The number of rotatable bonds is 7. The molecular formula is C18H20F3N5O3. The smallest absolute Gasteiger partial charge is 0.405 e. The van der Waals surface area contributed by atoms with Crippen molar-refractivity contribution in [1.82, 2.24) is 15.5 Å². The van der Waals surface area contributed by atoms with Crippen LogP contribution < -0.4 is 20.3 Å². The number of anilines is 2. The first kappa shape index (κ1) is 20.6. The van der Waals surface area contributed by atoms with Crippen molar-refractivity contribution in [3.63, 3.8) is 0 Å². The molecule has 3 rings (SSSR count). The fraction of sp³-hybridized carbons (Fsp3) is 0.389. The molecule has 156 valence electrons. The summed E-state index contributed by atoms with van der Waals surface area (Å²) in [5, 5.41) is 13.5. The minimum Gasteiger partial charge on any atom is -0.405 e. The van der Waals surface area contributed by atoms with Crippen molar-refractivity contribution >= 4 is 17.4 Å². The number of aromatic nitrogens is 2. The lowest BCUT2D eigenvalue weighted by molar-refractivity contribution is -0.274. The van der Waals surface area contributed by atoms with Gasteiger partial charge in [0, 0.05) is 32.2 Å². The van der Waals surface area contributed by atoms with Crippen LogP contribution in [0.2, 0.25) is 0 Å². The Bertz CT molecular complexity index is 828. The van der Waals surface area contributed by atoms with Crippen LogP contribution in [0.25, 0.3) is 0 Å². The third kappa shape index (κ3) is 6.21. The van der Waals surface area contributed by atoms with Crippen molar-refractivity contribution < 1.29 is 27.4 Å². The maximum Gasteiger partial charge on any atom is 0.573 e. The Hall–Kier alpha value is -3.08. The second-order valence-electron chi connectivity index (χ2n) is 6.13. The Kier molecular flexibility index (Phi) is 6.70. The van der Waals surface area contributed by atoms with Crippen LogP contribution in [-0.2, 0) is 4.74 Å². The largest absolute Gasteiger partial charge is 0.573 e. The lowest BCUT2D eigenvalue weighted by Crippen LogP contribution is -2.36. The molecule has 2 aromatic rings. The first-order valence-electron chi connectivity index (χ1n) is 8.95. The summed E-state index contributed by atoms with van der Waals surface area (Å²) in [4.78, 5) is 14.3. The fourth-order valence-corrected chi connectivity index (χ4v) is 2.77. The van der Waals surface area contributed by atoms with E-state index in [1.54, 1.807) is 6.20 Å². The zero-order valence-electron chi connectivity index (χ0n) is 15.4. The SMILES string of the molecule is O=C(NCCNc1cc(N2CCOCC2)cnn1)c1ccccc1OC(F)(F)F. The van der Waals surface area contributed by atoms with Crippen molar-refractivity contribution in [3.8, 4) is 5.75 Å². The van der Waals surface area contributed by atoms with E-state index in [2.05, 4.69) is 30.5 Å². The molecule has 11 heteroatoms. The fourth-order valence-electron chi connectivity index (χ4n) is 2.77. The number of hydrogen-bond acceptors (Lipinski definition) is 7. The number of alkyl halides is 3. The van der Waals surface area contributed by atoms with Gasteiger partial charge < -0.3 is 25.0 Å². The summed E-state index contributed by atoms with van der Waals surface area (Å²) < 4.78 is 46.6. The van der Waals surface area contributed by atoms with E-state index in [0.717, 1.165) is 24.8 Å². The molecule has 1 saturated heterocycles. The van der Waals surface area contributed by atoms with E-state index in [-0.39, 0.29) is 12.1 Å². The summed E-state index contributed by atoms with van der Waals surface area (Å²) in [6, 6.07) is 7.02. The quantitative estimate of drug-likeness (QED) is 0.674. The Morgan fingerprint density at radius 3 is 2.72 bits per heavy atom. The van der Waals surface area contributed by atoms with Crippen molar-refractivity contribution in [1.29, 1.82) is 0 Å². The van der Waals surface area contributed by atoms with Crippen molar-refractivity contribution in [2.24, 2.45) is 0 Å². The molecule has 1 fully saturated rings. The normalized spacial score (nSPS) is 14.4. The zero-order chi connectivity index (χ0) is 20.7. The van der Waals surface area contributed by atoms with Crippen LogP contribution in [0.15, 0.2) is 36.5 Å². The summed E-state index contributed by atoms with van der Waals surface area (Å²) in [6.45, 7) is 3.31. The van der Waals surface area contributed by atoms with Gasteiger partial charge in [-0.15, -0.1) is 18.3 Å². The zero-order valence-corrected chi connectivity index (χ0v) is 15.4. The Morgan fingerprint density at radius 1 is 1.21 bits per heavy atom. The standard InChI is InChI=1S/C18H20F3N5O3/c19-18(20,21)29-15-4-2-1-3-14(15)17(27)23-6-5-22-16-11-13(12-24-25-16)26-7-9-28-10-8-26/h1-4,11-12H,5-10H2,(H,22,25)(H,23,27). The lowest BCUT2D eigenvalue weighted by atomic mass is 10.2. The number of carbonyl (C=O) groups is 1. The Balaban J connectivity index is 1.50. The number of nitrogens with one attached hydrogen (secondary N) is 2. The van der Waals surface area contributed by atoms with Crippen molar-refractivity contribution in [2.45, 2.75) is 6.36 Å². The van der Waals surface area contributed by atoms with Gasteiger partial charge in [-0.25, -0.2) is 0 Å². The van der Waals surface area contributed by atoms with Crippen LogP contribution in [0.1, 0.15) is 10.4 Å². The summed E-state index contributed by atoms with van der Waals surface area (Å²) >= 11 is 0. The van der Waals surface area contributed by atoms with Crippen LogP contribution in [0, 0.1) is 0 Å². The summed E-state index contributed by atoms with van der Waals surface area (Å²) in [5.41, 5.74) is 0.715. The number of nitrogens with zero attached hydrogens (tertiary/aromatic N) is 3. The highest BCUT2D eigenvalue weighted by molar-refractivity contribution is 5.96. The molecule has 29 heavy (non-hydrogen) atoms. The third-order valence-electron chi connectivity index (χ3n) is 4.09. The molecule has 1 aliphatic rings. The Morgan fingerprint density at radius 2 is 1.97 bits per heavy atom. The van der Waals surface area contributed by atoms with E-state index in [1.807, 2.05) is 6.07 Å². The molecule has 1 aromatic heterocycles.